The number of benzene rings is 1. The molecule has 0 radical (unpaired) electrons. The zero-order chi connectivity index (χ0) is 12.3. The SMILES string of the molecule is N#CC1CN(c2cc(Br)ccc2CCl)CCO1. The van der Waals surface area contributed by atoms with Crippen molar-refractivity contribution in [1.82, 2.24) is 0 Å². The molecular weight excluding hydrogens is 304 g/mol. The highest BCUT2D eigenvalue weighted by Gasteiger charge is 2.21. The molecule has 0 aliphatic carbocycles. The number of rotatable bonds is 2. The molecule has 17 heavy (non-hydrogen) atoms. The van der Waals surface area contributed by atoms with Crippen LogP contribution in [-0.2, 0) is 10.6 Å². The third kappa shape index (κ3) is 2.92. The van der Waals surface area contributed by atoms with E-state index in [1.165, 1.54) is 0 Å². The van der Waals surface area contributed by atoms with Crippen molar-refractivity contribution in [1.29, 1.82) is 5.26 Å². The molecule has 0 bridgehead atoms. The van der Waals surface area contributed by atoms with Crippen molar-refractivity contribution in [2.45, 2.75) is 12.0 Å². The quantitative estimate of drug-likeness (QED) is 0.787. The molecule has 90 valence electrons. The maximum atomic E-state index is 8.90. The topological polar surface area (TPSA) is 36.3 Å². The number of alkyl halides is 1. The summed E-state index contributed by atoms with van der Waals surface area (Å²) >= 11 is 9.39. The molecule has 1 aliphatic heterocycles. The average Bonchev–Trinajstić information content (AvgIpc) is 2.39. The summed E-state index contributed by atoms with van der Waals surface area (Å²) in [7, 11) is 0. The fraction of sp³-hybridized carbons (Fsp3) is 0.417. The summed E-state index contributed by atoms with van der Waals surface area (Å²) in [6.07, 6.45) is -0.356. The van der Waals surface area contributed by atoms with Gasteiger partial charge in [0.1, 0.15) is 0 Å². The van der Waals surface area contributed by atoms with E-state index < -0.39 is 0 Å². The van der Waals surface area contributed by atoms with Gasteiger partial charge in [0.15, 0.2) is 6.10 Å². The van der Waals surface area contributed by atoms with Crippen LogP contribution in [0.4, 0.5) is 5.69 Å². The zero-order valence-corrected chi connectivity index (χ0v) is 11.5. The summed E-state index contributed by atoms with van der Waals surface area (Å²) in [4.78, 5) is 2.15. The lowest BCUT2D eigenvalue weighted by Crippen LogP contribution is -2.42. The molecule has 5 heteroatoms. The van der Waals surface area contributed by atoms with Gasteiger partial charge in [0.25, 0.3) is 0 Å². The van der Waals surface area contributed by atoms with Crippen LogP contribution in [0, 0.1) is 11.3 Å². The fourth-order valence-corrected chi connectivity index (χ4v) is 2.47. The van der Waals surface area contributed by atoms with Crippen molar-refractivity contribution in [3.8, 4) is 6.07 Å². The van der Waals surface area contributed by atoms with Crippen LogP contribution in [0.25, 0.3) is 0 Å². The molecule has 0 amide bonds. The van der Waals surface area contributed by atoms with E-state index in [2.05, 4.69) is 26.9 Å². The molecule has 1 aromatic carbocycles. The Morgan fingerprint density at radius 3 is 3.12 bits per heavy atom. The highest BCUT2D eigenvalue weighted by Crippen LogP contribution is 2.27. The van der Waals surface area contributed by atoms with Crippen molar-refractivity contribution >= 4 is 33.2 Å². The third-order valence-electron chi connectivity index (χ3n) is 2.74. The van der Waals surface area contributed by atoms with Gasteiger partial charge in [-0.15, -0.1) is 11.6 Å². The lowest BCUT2D eigenvalue weighted by molar-refractivity contribution is 0.0764. The van der Waals surface area contributed by atoms with Crippen LogP contribution in [0.1, 0.15) is 5.56 Å². The number of ether oxygens (including phenoxy) is 1. The van der Waals surface area contributed by atoms with E-state index in [9.17, 15) is 0 Å². The van der Waals surface area contributed by atoms with E-state index in [4.69, 9.17) is 21.6 Å². The molecular formula is C12H12BrClN2O. The van der Waals surface area contributed by atoms with Crippen molar-refractivity contribution in [2.75, 3.05) is 24.6 Å². The van der Waals surface area contributed by atoms with Gasteiger partial charge in [0.05, 0.1) is 19.2 Å². The van der Waals surface area contributed by atoms with Crippen LogP contribution in [0.3, 0.4) is 0 Å². The van der Waals surface area contributed by atoms with Crippen LogP contribution in [0.15, 0.2) is 22.7 Å². The van der Waals surface area contributed by atoms with Gasteiger partial charge in [-0.1, -0.05) is 22.0 Å². The molecule has 2 rings (SSSR count). The molecule has 1 unspecified atom stereocenters. The van der Waals surface area contributed by atoms with Gasteiger partial charge < -0.3 is 9.64 Å². The zero-order valence-electron chi connectivity index (χ0n) is 9.20. The Morgan fingerprint density at radius 1 is 1.59 bits per heavy atom. The van der Waals surface area contributed by atoms with Crippen LogP contribution in [0.2, 0.25) is 0 Å². The van der Waals surface area contributed by atoms with Gasteiger partial charge in [-0.3, -0.25) is 0 Å². The predicted molar refractivity (Wildman–Crippen MR) is 71.3 cm³/mol. The monoisotopic (exact) mass is 314 g/mol. The third-order valence-corrected chi connectivity index (χ3v) is 3.52. The van der Waals surface area contributed by atoms with Crippen LogP contribution >= 0.6 is 27.5 Å². The number of morpholine rings is 1. The normalized spacial score (nSPS) is 20.1. The number of nitriles is 1. The van der Waals surface area contributed by atoms with Gasteiger partial charge in [-0.25, -0.2) is 0 Å². The van der Waals surface area contributed by atoms with Gasteiger partial charge in [-0.2, -0.15) is 5.26 Å². The number of halogens is 2. The smallest absolute Gasteiger partial charge is 0.161 e. The largest absolute Gasteiger partial charge is 0.365 e. The highest BCUT2D eigenvalue weighted by molar-refractivity contribution is 9.10. The Morgan fingerprint density at radius 2 is 2.41 bits per heavy atom. The summed E-state index contributed by atoms with van der Waals surface area (Å²) in [5.41, 5.74) is 2.16. The van der Waals surface area contributed by atoms with Crippen LogP contribution in [-0.4, -0.2) is 25.8 Å². The fourth-order valence-electron chi connectivity index (χ4n) is 1.89. The summed E-state index contributed by atoms with van der Waals surface area (Å²) in [5, 5.41) is 8.90. The molecule has 1 atom stereocenters. The number of nitrogens with zero attached hydrogens (tertiary/aromatic N) is 2. The predicted octanol–water partition coefficient (Wildman–Crippen LogP) is 2.92. The van der Waals surface area contributed by atoms with Crippen molar-refractivity contribution in [3.05, 3.63) is 28.2 Å². The highest BCUT2D eigenvalue weighted by atomic mass is 79.9. The molecule has 1 saturated heterocycles. The maximum absolute atomic E-state index is 8.90. The molecule has 1 aromatic rings. The first kappa shape index (κ1) is 12.7. The van der Waals surface area contributed by atoms with E-state index in [1.54, 1.807) is 0 Å². The van der Waals surface area contributed by atoms with Gasteiger partial charge in [-0.05, 0) is 17.7 Å². The molecule has 3 nitrogen and oxygen atoms in total. The lowest BCUT2D eigenvalue weighted by atomic mass is 10.1. The Kier molecular flexibility index (Phi) is 4.27. The summed E-state index contributed by atoms with van der Waals surface area (Å²) in [6, 6.07) is 8.17. The minimum absolute atomic E-state index is 0.356. The first-order valence-electron chi connectivity index (χ1n) is 5.35. The molecule has 1 heterocycles. The molecule has 0 spiro atoms. The maximum Gasteiger partial charge on any atom is 0.161 e. The van der Waals surface area contributed by atoms with Crippen LogP contribution in [0.5, 0.6) is 0 Å². The molecule has 0 saturated carbocycles. The second kappa shape index (κ2) is 5.72. The molecule has 0 aromatic heterocycles. The summed E-state index contributed by atoms with van der Waals surface area (Å²) < 4.78 is 6.35. The number of hydrogen-bond donors (Lipinski definition) is 0. The van der Waals surface area contributed by atoms with Crippen molar-refractivity contribution in [2.24, 2.45) is 0 Å². The summed E-state index contributed by atoms with van der Waals surface area (Å²) in [6.45, 7) is 1.96. The first-order chi connectivity index (χ1) is 8.24. The minimum Gasteiger partial charge on any atom is -0.365 e. The Labute approximate surface area is 114 Å². The van der Waals surface area contributed by atoms with Crippen molar-refractivity contribution in [3.63, 3.8) is 0 Å². The number of hydrogen-bond acceptors (Lipinski definition) is 3. The van der Waals surface area contributed by atoms with Gasteiger partial charge in [0.2, 0.25) is 0 Å². The average molecular weight is 316 g/mol. The molecule has 1 fully saturated rings. The van der Waals surface area contributed by atoms with E-state index in [0.29, 0.717) is 19.0 Å². The standard InChI is InChI=1S/C12H12BrClN2O/c13-10-2-1-9(6-14)12(5-10)16-3-4-17-11(7-15)8-16/h1-2,5,11H,3-4,6,8H2. The Balaban J connectivity index is 2.26. The van der Waals surface area contributed by atoms with E-state index in [-0.39, 0.29) is 6.10 Å². The van der Waals surface area contributed by atoms with Gasteiger partial charge in [0, 0.05) is 22.6 Å². The molecule has 0 N–H and O–H groups in total. The first-order valence-corrected chi connectivity index (χ1v) is 6.68. The Bertz CT molecular complexity index is 447. The Hall–Kier alpha value is -0.760. The van der Waals surface area contributed by atoms with Crippen LogP contribution < -0.4 is 4.90 Å². The number of anilines is 1. The second-order valence-corrected chi connectivity index (χ2v) is 5.02. The second-order valence-electron chi connectivity index (χ2n) is 3.84. The minimum atomic E-state index is -0.356. The van der Waals surface area contributed by atoms with E-state index >= 15 is 0 Å². The van der Waals surface area contributed by atoms with E-state index in [0.717, 1.165) is 22.3 Å². The lowest BCUT2D eigenvalue weighted by Gasteiger charge is -2.33. The summed E-state index contributed by atoms with van der Waals surface area (Å²) in [5.74, 6) is 0.469. The van der Waals surface area contributed by atoms with Crippen molar-refractivity contribution < 1.29 is 4.74 Å². The van der Waals surface area contributed by atoms with E-state index in [1.807, 2.05) is 18.2 Å². The molecule has 1 aliphatic rings. The van der Waals surface area contributed by atoms with Gasteiger partial charge >= 0.3 is 0 Å².